The molecule has 94 valence electrons. The van der Waals surface area contributed by atoms with Gasteiger partial charge < -0.3 is 4.74 Å². The van der Waals surface area contributed by atoms with E-state index in [0.29, 0.717) is 29.6 Å². The number of aromatic amines is 1. The Labute approximate surface area is 103 Å². The van der Waals surface area contributed by atoms with E-state index in [1.165, 1.54) is 16.3 Å². The number of hydrogen-bond acceptors (Lipinski definition) is 5. The number of ether oxygens (including phenoxy) is 1. The van der Waals surface area contributed by atoms with Gasteiger partial charge in [0.2, 0.25) is 0 Å². The second-order valence-electron chi connectivity index (χ2n) is 3.17. The van der Waals surface area contributed by atoms with Gasteiger partial charge in [-0.1, -0.05) is 18.3 Å². The van der Waals surface area contributed by atoms with Crippen LogP contribution >= 0.6 is 11.8 Å². The van der Waals surface area contributed by atoms with Crippen LogP contribution in [0.2, 0.25) is 0 Å². The average molecular weight is 257 g/mol. The Balaban J connectivity index is 2.59. The molecule has 0 bridgehead atoms. The second kappa shape index (κ2) is 6.29. The first-order valence-corrected chi connectivity index (χ1v) is 6.21. The smallest absolute Gasteiger partial charge is 0.343 e. The summed E-state index contributed by atoms with van der Waals surface area (Å²) in [6.07, 6.45) is 0. The highest BCUT2D eigenvalue weighted by atomic mass is 32.2. The van der Waals surface area contributed by atoms with Crippen LogP contribution in [0.1, 0.15) is 13.8 Å². The number of nitrogens with zero attached hydrogens (tertiary/aromatic N) is 2. The summed E-state index contributed by atoms with van der Waals surface area (Å²) in [6, 6.07) is 0. The van der Waals surface area contributed by atoms with Crippen molar-refractivity contribution in [3.05, 3.63) is 22.6 Å². The number of nitrogens with one attached hydrogen (secondary N) is 1. The van der Waals surface area contributed by atoms with Gasteiger partial charge in [-0.25, -0.2) is 14.7 Å². The fourth-order valence-electron chi connectivity index (χ4n) is 1.14. The van der Waals surface area contributed by atoms with E-state index in [1.807, 2.05) is 6.92 Å². The fourth-order valence-corrected chi connectivity index (χ4v) is 2.04. The Hall–Kier alpha value is -1.50. The molecule has 0 atom stereocenters. The van der Waals surface area contributed by atoms with Crippen LogP contribution in [0.3, 0.4) is 0 Å². The average Bonchev–Trinajstić information content (AvgIpc) is 2.67. The SMILES string of the molecule is C=C(CSc1n[nH]c(=O)n1CC)C(=O)OCC. The molecule has 7 heteroatoms. The van der Waals surface area contributed by atoms with Gasteiger partial charge in [-0.05, 0) is 13.8 Å². The van der Waals surface area contributed by atoms with Gasteiger partial charge in [-0.3, -0.25) is 4.57 Å². The summed E-state index contributed by atoms with van der Waals surface area (Å²) >= 11 is 1.27. The molecule has 0 amide bonds. The summed E-state index contributed by atoms with van der Waals surface area (Å²) in [5.41, 5.74) is 0.103. The predicted molar refractivity (Wildman–Crippen MR) is 65.0 cm³/mol. The lowest BCUT2D eigenvalue weighted by Crippen LogP contribution is -2.16. The van der Waals surface area contributed by atoms with E-state index in [-0.39, 0.29) is 5.69 Å². The molecular formula is C10H15N3O3S. The van der Waals surface area contributed by atoms with Crippen LogP contribution in [0, 0.1) is 0 Å². The van der Waals surface area contributed by atoms with E-state index >= 15 is 0 Å². The molecule has 6 nitrogen and oxygen atoms in total. The minimum absolute atomic E-state index is 0.253. The summed E-state index contributed by atoms with van der Waals surface area (Å²) in [5.74, 6) is -0.0655. The summed E-state index contributed by atoms with van der Waals surface area (Å²) in [5, 5.41) is 6.76. The molecule has 0 aromatic carbocycles. The number of aromatic nitrogens is 3. The number of esters is 1. The molecule has 0 fully saturated rings. The van der Waals surface area contributed by atoms with Crippen LogP contribution < -0.4 is 5.69 Å². The normalized spacial score (nSPS) is 10.2. The third-order valence-corrected chi connectivity index (χ3v) is 3.04. The van der Waals surface area contributed by atoms with E-state index in [0.717, 1.165) is 0 Å². The van der Waals surface area contributed by atoms with Crippen molar-refractivity contribution in [3.8, 4) is 0 Å². The number of hydrogen-bond donors (Lipinski definition) is 1. The van der Waals surface area contributed by atoms with Crippen LogP contribution in [0.4, 0.5) is 0 Å². The summed E-state index contributed by atoms with van der Waals surface area (Å²) < 4.78 is 6.29. The highest BCUT2D eigenvalue weighted by Crippen LogP contribution is 2.16. The Bertz CT molecular complexity index is 464. The van der Waals surface area contributed by atoms with Gasteiger partial charge in [0.25, 0.3) is 0 Å². The summed E-state index contributed by atoms with van der Waals surface area (Å²) in [6.45, 7) is 8.07. The minimum atomic E-state index is -0.416. The molecule has 1 N–H and O–H groups in total. The lowest BCUT2D eigenvalue weighted by atomic mass is 10.4. The Kier molecular flexibility index (Phi) is 5.02. The third-order valence-electron chi connectivity index (χ3n) is 1.98. The maximum Gasteiger partial charge on any atom is 0.343 e. The lowest BCUT2D eigenvalue weighted by molar-refractivity contribution is -0.138. The molecule has 1 heterocycles. The standard InChI is InChI=1S/C10H15N3O3S/c1-4-13-9(15)11-12-10(13)17-6-7(3)8(14)16-5-2/h3-6H2,1-2H3,(H,11,15). The summed E-state index contributed by atoms with van der Waals surface area (Å²) in [4.78, 5) is 22.6. The van der Waals surface area contributed by atoms with Gasteiger partial charge in [-0.2, -0.15) is 0 Å². The topological polar surface area (TPSA) is 77.0 Å². The van der Waals surface area contributed by atoms with Crippen LogP contribution in [0.15, 0.2) is 22.1 Å². The van der Waals surface area contributed by atoms with Crippen molar-refractivity contribution >= 4 is 17.7 Å². The first-order chi connectivity index (χ1) is 8.10. The van der Waals surface area contributed by atoms with E-state index in [4.69, 9.17) is 4.74 Å². The van der Waals surface area contributed by atoms with Crippen LogP contribution in [-0.2, 0) is 16.1 Å². The third kappa shape index (κ3) is 3.48. The van der Waals surface area contributed by atoms with Crippen LogP contribution in [0.5, 0.6) is 0 Å². The van der Waals surface area contributed by atoms with E-state index in [1.54, 1.807) is 6.92 Å². The van der Waals surface area contributed by atoms with Crippen LogP contribution in [0.25, 0.3) is 0 Å². The molecule has 0 aliphatic rings. The molecule has 0 saturated heterocycles. The molecule has 0 spiro atoms. The maximum absolute atomic E-state index is 11.3. The zero-order valence-corrected chi connectivity index (χ0v) is 10.7. The van der Waals surface area contributed by atoms with Crippen molar-refractivity contribution < 1.29 is 9.53 Å². The Morgan fingerprint density at radius 2 is 2.29 bits per heavy atom. The Morgan fingerprint density at radius 1 is 1.59 bits per heavy atom. The lowest BCUT2D eigenvalue weighted by Gasteiger charge is -2.04. The van der Waals surface area contributed by atoms with Gasteiger partial charge in [0, 0.05) is 17.9 Å². The van der Waals surface area contributed by atoms with Gasteiger partial charge in [0.1, 0.15) is 0 Å². The summed E-state index contributed by atoms with van der Waals surface area (Å²) in [7, 11) is 0. The quantitative estimate of drug-likeness (QED) is 0.463. The van der Waals surface area contributed by atoms with Gasteiger partial charge in [0.05, 0.1) is 6.61 Å². The van der Waals surface area contributed by atoms with Crippen molar-refractivity contribution in [2.75, 3.05) is 12.4 Å². The molecule has 0 radical (unpaired) electrons. The molecule has 0 aliphatic heterocycles. The van der Waals surface area contributed by atoms with Gasteiger partial charge >= 0.3 is 11.7 Å². The first kappa shape index (κ1) is 13.6. The first-order valence-electron chi connectivity index (χ1n) is 5.23. The van der Waals surface area contributed by atoms with E-state index < -0.39 is 5.97 Å². The van der Waals surface area contributed by atoms with E-state index in [2.05, 4.69) is 16.8 Å². The van der Waals surface area contributed by atoms with Gasteiger partial charge in [-0.15, -0.1) is 5.10 Å². The molecule has 17 heavy (non-hydrogen) atoms. The van der Waals surface area contributed by atoms with Crippen molar-refractivity contribution in [2.24, 2.45) is 0 Å². The van der Waals surface area contributed by atoms with Crippen molar-refractivity contribution in [1.29, 1.82) is 0 Å². The van der Waals surface area contributed by atoms with Crippen molar-refractivity contribution in [2.45, 2.75) is 25.5 Å². The number of thioether (sulfide) groups is 1. The molecule has 0 unspecified atom stereocenters. The Morgan fingerprint density at radius 3 is 2.88 bits per heavy atom. The monoisotopic (exact) mass is 257 g/mol. The van der Waals surface area contributed by atoms with Crippen LogP contribution in [-0.4, -0.2) is 33.1 Å². The number of carbonyl (C=O) groups excluding carboxylic acids is 1. The minimum Gasteiger partial charge on any atom is -0.463 e. The molecular weight excluding hydrogens is 242 g/mol. The second-order valence-corrected chi connectivity index (χ2v) is 4.11. The molecule has 1 aromatic rings. The highest BCUT2D eigenvalue weighted by Gasteiger charge is 2.12. The molecule has 1 rings (SSSR count). The number of carbonyl (C=O) groups is 1. The zero-order valence-electron chi connectivity index (χ0n) is 9.86. The molecule has 0 aliphatic carbocycles. The highest BCUT2D eigenvalue weighted by molar-refractivity contribution is 7.99. The zero-order chi connectivity index (χ0) is 12.8. The van der Waals surface area contributed by atoms with Crippen molar-refractivity contribution in [1.82, 2.24) is 14.8 Å². The number of H-pyrrole nitrogens is 1. The fraction of sp³-hybridized carbons (Fsp3) is 0.500. The van der Waals surface area contributed by atoms with E-state index in [9.17, 15) is 9.59 Å². The molecule has 1 aromatic heterocycles. The maximum atomic E-state index is 11.3. The molecule has 0 saturated carbocycles. The number of rotatable bonds is 6. The predicted octanol–water partition coefficient (Wildman–Crippen LogP) is 0.803. The largest absolute Gasteiger partial charge is 0.463 e. The van der Waals surface area contributed by atoms with Gasteiger partial charge in [0.15, 0.2) is 5.16 Å². The van der Waals surface area contributed by atoms with Crippen molar-refractivity contribution in [3.63, 3.8) is 0 Å².